The van der Waals surface area contributed by atoms with E-state index in [9.17, 15) is 9.90 Å². The number of hydrogen-bond donors (Lipinski definition) is 1. The zero-order valence-electron chi connectivity index (χ0n) is 7.79. The van der Waals surface area contributed by atoms with E-state index in [0.717, 1.165) is 0 Å². The topological polar surface area (TPSA) is 55.8 Å². The lowest BCUT2D eigenvalue weighted by Gasteiger charge is -2.19. The van der Waals surface area contributed by atoms with Crippen molar-refractivity contribution in [3.05, 3.63) is 24.3 Å². The number of aliphatic hydroxyl groups is 1. The zero-order chi connectivity index (χ0) is 10.1. The van der Waals surface area contributed by atoms with Gasteiger partial charge >= 0.3 is 5.97 Å². The van der Waals surface area contributed by atoms with Gasteiger partial charge in [0.05, 0.1) is 6.10 Å². The minimum atomic E-state index is -0.544. The first-order valence-corrected chi connectivity index (χ1v) is 4.57. The molecule has 0 saturated heterocycles. The van der Waals surface area contributed by atoms with Crippen LogP contribution in [0.2, 0.25) is 0 Å². The maximum absolute atomic E-state index is 10.8. The summed E-state index contributed by atoms with van der Waals surface area (Å²) in [5.41, 5.74) is 0. The van der Waals surface area contributed by atoms with Crippen LogP contribution in [0, 0.1) is 0 Å². The first kappa shape index (κ1) is 9.43. The Morgan fingerprint density at radius 3 is 2.64 bits per heavy atom. The summed E-state index contributed by atoms with van der Waals surface area (Å²) in [6.45, 7) is 1.66. The molecule has 0 saturated carbocycles. The van der Waals surface area contributed by atoms with Crippen LogP contribution >= 0.6 is 0 Å². The van der Waals surface area contributed by atoms with Crippen molar-refractivity contribution in [3.63, 3.8) is 0 Å². The lowest BCUT2D eigenvalue weighted by molar-refractivity contribution is -0.144. The molecule has 4 unspecified atom stereocenters. The molecule has 2 aliphatic heterocycles. The van der Waals surface area contributed by atoms with Crippen LogP contribution in [0.15, 0.2) is 24.3 Å². The summed E-state index contributed by atoms with van der Waals surface area (Å²) in [5.74, 6) is -0.340. The molecule has 2 heterocycles. The van der Waals surface area contributed by atoms with Crippen molar-refractivity contribution in [1.82, 2.24) is 0 Å². The molecule has 14 heavy (non-hydrogen) atoms. The van der Waals surface area contributed by atoms with Gasteiger partial charge in [0.25, 0.3) is 0 Å². The molecule has 0 aliphatic carbocycles. The van der Waals surface area contributed by atoms with Gasteiger partial charge in [-0.3, -0.25) is 0 Å². The Labute approximate surface area is 81.8 Å². The molecule has 0 radical (unpaired) electrons. The lowest BCUT2D eigenvalue weighted by Crippen LogP contribution is -2.30. The Balaban J connectivity index is 1.94. The molecule has 4 heteroatoms. The zero-order valence-corrected chi connectivity index (χ0v) is 7.79. The molecule has 4 nitrogen and oxygen atoms in total. The molecular weight excluding hydrogens is 184 g/mol. The second-order valence-electron chi connectivity index (χ2n) is 3.45. The fraction of sp³-hybridized carbons (Fsp3) is 0.500. The van der Waals surface area contributed by atoms with Gasteiger partial charge in [0, 0.05) is 6.08 Å². The van der Waals surface area contributed by atoms with Gasteiger partial charge in [-0.05, 0) is 13.0 Å². The number of ether oxygens (including phenoxy) is 2. The SMILES string of the molecule is CC(O)C1C=CC(C2C=CC(=O)O2)O1. The number of rotatable bonds is 2. The van der Waals surface area contributed by atoms with Crippen LogP contribution in [0.25, 0.3) is 0 Å². The maximum atomic E-state index is 10.8. The van der Waals surface area contributed by atoms with E-state index in [2.05, 4.69) is 0 Å². The van der Waals surface area contributed by atoms with Gasteiger partial charge in [-0.1, -0.05) is 12.2 Å². The fourth-order valence-electron chi connectivity index (χ4n) is 1.52. The van der Waals surface area contributed by atoms with E-state index in [-0.39, 0.29) is 24.3 Å². The normalized spacial score (nSPS) is 37.6. The monoisotopic (exact) mass is 196 g/mol. The average molecular weight is 196 g/mol. The Bertz CT molecular complexity index is 292. The quantitative estimate of drug-likeness (QED) is 0.505. The lowest BCUT2D eigenvalue weighted by atomic mass is 10.2. The first-order chi connectivity index (χ1) is 6.66. The van der Waals surface area contributed by atoms with Crippen LogP contribution < -0.4 is 0 Å². The second-order valence-corrected chi connectivity index (χ2v) is 3.45. The van der Waals surface area contributed by atoms with Crippen molar-refractivity contribution in [3.8, 4) is 0 Å². The van der Waals surface area contributed by atoms with Gasteiger partial charge in [0.1, 0.15) is 12.2 Å². The highest BCUT2D eigenvalue weighted by Crippen LogP contribution is 2.22. The van der Waals surface area contributed by atoms with Gasteiger partial charge in [-0.15, -0.1) is 0 Å². The number of carbonyl (C=O) groups is 1. The van der Waals surface area contributed by atoms with Crippen LogP contribution in [-0.4, -0.2) is 35.5 Å². The minimum absolute atomic E-state index is 0.266. The van der Waals surface area contributed by atoms with Crippen LogP contribution in [-0.2, 0) is 14.3 Å². The number of carbonyl (C=O) groups excluding carboxylic acids is 1. The third-order valence-corrected chi connectivity index (χ3v) is 2.28. The number of cyclic esters (lactones) is 1. The van der Waals surface area contributed by atoms with E-state index in [1.807, 2.05) is 6.08 Å². The van der Waals surface area contributed by atoms with Crippen molar-refractivity contribution >= 4 is 5.97 Å². The van der Waals surface area contributed by atoms with Crippen LogP contribution in [0.4, 0.5) is 0 Å². The summed E-state index contributed by atoms with van der Waals surface area (Å²) in [6, 6.07) is 0. The van der Waals surface area contributed by atoms with Crippen molar-refractivity contribution < 1.29 is 19.4 Å². The van der Waals surface area contributed by atoms with Gasteiger partial charge in [0.15, 0.2) is 6.10 Å². The molecule has 0 amide bonds. The van der Waals surface area contributed by atoms with Crippen molar-refractivity contribution in [1.29, 1.82) is 0 Å². The predicted molar refractivity (Wildman–Crippen MR) is 48.5 cm³/mol. The maximum Gasteiger partial charge on any atom is 0.331 e. The predicted octanol–water partition coefficient (Wildman–Crippen LogP) is 0.172. The highest BCUT2D eigenvalue weighted by atomic mass is 16.6. The molecule has 0 aromatic rings. The number of aliphatic hydroxyl groups excluding tert-OH is 1. The van der Waals surface area contributed by atoms with Crippen molar-refractivity contribution in [2.24, 2.45) is 0 Å². The van der Waals surface area contributed by atoms with Gasteiger partial charge < -0.3 is 14.6 Å². The van der Waals surface area contributed by atoms with E-state index in [0.29, 0.717) is 0 Å². The summed E-state index contributed by atoms with van der Waals surface area (Å²) in [7, 11) is 0. The standard InChI is InChI=1S/C10H12O4/c1-6(11)7-2-3-8(13-7)9-4-5-10(12)14-9/h2-9,11H,1H3. The van der Waals surface area contributed by atoms with Gasteiger partial charge in [0.2, 0.25) is 0 Å². The summed E-state index contributed by atoms with van der Waals surface area (Å²) < 4.78 is 10.4. The van der Waals surface area contributed by atoms with Crippen molar-refractivity contribution in [2.75, 3.05) is 0 Å². The molecule has 0 aromatic heterocycles. The Kier molecular flexibility index (Phi) is 2.39. The van der Waals surface area contributed by atoms with E-state index in [1.54, 1.807) is 19.1 Å². The molecule has 2 aliphatic rings. The smallest absolute Gasteiger partial charge is 0.331 e. The summed E-state index contributed by atoms with van der Waals surface area (Å²) in [4.78, 5) is 10.8. The Morgan fingerprint density at radius 1 is 1.36 bits per heavy atom. The highest BCUT2D eigenvalue weighted by Gasteiger charge is 2.32. The van der Waals surface area contributed by atoms with E-state index in [4.69, 9.17) is 9.47 Å². The minimum Gasteiger partial charge on any atom is -0.452 e. The molecule has 0 fully saturated rings. The third kappa shape index (κ3) is 1.71. The molecule has 76 valence electrons. The van der Waals surface area contributed by atoms with E-state index >= 15 is 0 Å². The number of hydrogen-bond acceptors (Lipinski definition) is 4. The molecule has 0 aromatic carbocycles. The third-order valence-electron chi connectivity index (χ3n) is 2.28. The molecule has 1 N–H and O–H groups in total. The van der Waals surface area contributed by atoms with Crippen LogP contribution in [0.5, 0.6) is 0 Å². The molecule has 0 bridgehead atoms. The molecule has 4 atom stereocenters. The fourth-order valence-corrected chi connectivity index (χ4v) is 1.52. The number of esters is 1. The molecular formula is C10H12O4. The van der Waals surface area contributed by atoms with Gasteiger partial charge in [-0.2, -0.15) is 0 Å². The van der Waals surface area contributed by atoms with Gasteiger partial charge in [-0.25, -0.2) is 4.79 Å². The molecule has 0 spiro atoms. The Morgan fingerprint density at radius 2 is 2.14 bits per heavy atom. The average Bonchev–Trinajstić information content (AvgIpc) is 2.70. The van der Waals surface area contributed by atoms with Crippen LogP contribution in [0.1, 0.15) is 6.92 Å². The highest BCUT2D eigenvalue weighted by molar-refractivity contribution is 5.84. The summed E-state index contributed by atoms with van der Waals surface area (Å²) in [6.07, 6.45) is 5.20. The Hall–Kier alpha value is -1.13. The summed E-state index contributed by atoms with van der Waals surface area (Å²) >= 11 is 0. The van der Waals surface area contributed by atoms with E-state index < -0.39 is 6.10 Å². The second kappa shape index (κ2) is 3.55. The van der Waals surface area contributed by atoms with Crippen molar-refractivity contribution in [2.45, 2.75) is 31.3 Å². The first-order valence-electron chi connectivity index (χ1n) is 4.57. The van der Waals surface area contributed by atoms with E-state index in [1.165, 1.54) is 6.08 Å². The van der Waals surface area contributed by atoms with Crippen LogP contribution in [0.3, 0.4) is 0 Å². The largest absolute Gasteiger partial charge is 0.452 e. The summed E-state index contributed by atoms with van der Waals surface area (Å²) in [5, 5.41) is 9.26. The molecule has 2 rings (SSSR count).